The van der Waals surface area contributed by atoms with Gasteiger partial charge in [0.15, 0.2) is 12.4 Å². The van der Waals surface area contributed by atoms with E-state index in [0.29, 0.717) is 23.7 Å². The van der Waals surface area contributed by atoms with Crippen LogP contribution in [0.3, 0.4) is 0 Å². The first-order valence-corrected chi connectivity index (χ1v) is 12.9. The highest BCUT2D eigenvalue weighted by atomic mass is 35.5. The van der Waals surface area contributed by atoms with E-state index in [-0.39, 0.29) is 48.1 Å². The molecule has 200 valence electrons. The summed E-state index contributed by atoms with van der Waals surface area (Å²) in [7, 11) is 0. The van der Waals surface area contributed by atoms with Crippen molar-refractivity contribution < 1.29 is 23.7 Å². The Balaban J connectivity index is 1.56. The van der Waals surface area contributed by atoms with E-state index in [1.54, 1.807) is 24.3 Å². The maximum absolute atomic E-state index is 12.5. The van der Waals surface area contributed by atoms with Crippen LogP contribution in [0.15, 0.2) is 66.6 Å². The molecule has 0 aliphatic carbocycles. The number of nitriles is 1. The molecule has 0 bridgehead atoms. The lowest BCUT2D eigenvalue weighted by Gasteiger charge is -2.27. The largest absolute Gasteiger partial charge is 0.490 e. The minimum absolute atomic E-state index is 0.0421. The van der Waals surface area contributed by atoms with E-state index in [1.807, 2.05) is 18.2 Å². The molecule has 0 radical (unpaired) electrons. The molecule has 0 aromatic heterocycles. The number of halogens is 5. The van der Waals surface area contributed by atoms with Crippen molar-refractivity contribution in [1.82, 2.24) is 0 Å². The van der Waals surface area contributed by atoms with Crippen LogP contribution in [0.2, 0.25) is 25.1 Å². The van der Waals surface area contributed by atoms with Crippen molar-refractivity contribution in [1.29, 1.82) is 5.26 Å². The fraction of sp³-hybridized carbons (Fsp3) is 0.111. The van der Waals surface area contributed by atoms with E-state index in [0.717, 1.165) is 5.56 Å². The number of ether oxygens (including phenoxy) is 4. The zero-order chi connectivity index (χ0) is 28.3. The highest BCUT2D eigenvalue weighted by Gasteiger charge is 2.31. The maximum atomic E-state index is 12.5. The number of nitrogens with zero attached hydrogens (tertiary/aromatic N) is 1. The molecule has 0 spiro atoms. The fourth-order valence-corrected chi connectivity index (χ4v) is 5.01. The number of carbonyl (C=O) groups is 1. The SMILES string of the molecule is C=CCOc1cccc(C2C(C#N)=C(N)Oc3cc(OC(=O)COc4c(Cl)c(Cl)c(Cl)c(Cl)c4Cl)ccc32)c1. The van der Waals surface area contributed by atoms with Crippen LogP contribution in [0.5, 0.6) is 23.0 Å². The molecule has 0 saturated heterocycles. The lowest BCUT2D eigenvalue weighted by atomic mass is 9.83. The van der Waals surface area contributed by atoms with E-state index in [9.17, 15) is 10.1 Å². The Hall–Kier alpha value is -3.25. The number of benzene rings is 3. The monoisotopic (exact) mass is 624 g/mol. The summed E-state index contributed by atoms with van der Waals surface area (Å²) < 4.78 is 22.1. The molecular weight excluding hydrogens is 610 g/mol. The zero-order valence-electron chi connectivity index (χ0n) is 19.8. The smallest absolute Gasteiger partial charge is 0.349 e. The first kappa shape index (κ1) is 28.8. The third-order valence-electron chi connectivity index (χ3n) is 5.49. The summed E-state index contributed by atoms with van der Waals surface area (Å²) in [6.45, 7) is 3.40. The Morgan fingerprint density at radius 1 is 1.00 bits per heavy atom. The molecule has 0 saturated carbocycles. The van der Waals surface area contributed by atoms with Crippen LogP contribution in [-0.4, -0.2) is 19.2 Å². The Bertz CT molecular complexity index is 1520. The minimum atomic E-state index is -0.787. The van der Waals surface area contributed by atoms with Crippen LogP contribution in [-0.2, 0) is 4.79 Å². The van der Waals surface area contributed by atoms with Gasteiger partial charge >= 0.3 is 5.97 Å². The van der Waals surface area contributed by atoms with Crippen molar-refractivity contribution in [2.75, 3.05) is 13.2 Å². The lowest BCUT2D eigenvalue weighted by molar-refractivity contribution is -0.136. The third-order valence-corrected chi connectivity index (χ3v) is 7.73. The highest BCUT2D eigenvalue weighted by Crippen LogP contribution is 2.48. The van der Waals surface area contributed by atoms with Crippen molar-refractivity contribution in [3.63, 3.8) is 0 Å². The molecule has 7 nitrogen and oxygen atoms in total. The number of allylic oxidation sites excluding steroid dienone is 1. The minimum Gasteiger partial charge on any atom is -0.490 e. The average Bonchev–Trinajstić information content (AvgIpc) is 2.93. The number of hydrogen-bond acceptors (Lipinski definition) is 7. The predicted octanol–water partition coefficient (Wildman–Crippen LogP) is 7.72. The average molecular weight is 627 g/mol. The van der Waals surface area contributed by atoms with Gasteiger partial charge in [-0.3, -0.25) is 0 Å². The van der Waals surface area contributed by atoms with Gasteiger partial charge in [0.25, 0.3) is 0 Å². The molecule has 4 rings (SSSR count). The fourth-order valence-electron chi connectivity index (χ4n) is 3.78. The van der Waals surface area contributed by atoms with Crippen molar-refractivity contribution >= 4 is 64.0 Å². The van der Waals surface area contributed by atoms with E-state index in [1.165, 1.54) is 6.07 Å². The molecule has 3 aromatic carbocycles. The number of hydrogen-bond donors (Lipinski definition) is 1. The van der Waals surface area contributed by atoms with Gasteiger partial charge in [0, 0.05) is 11.6 Å². The summed E-state index contributed by atoms with van der Waals surface area (Å²) in [5.41, 5.74) is 7.71. The Labute approximate surface area is 248 Å². The second-order valence-corrected chi connectivity index (χ2v) is 9.85. The topological polar surface area (TPSA) is 104 Å². The summed E-state index contributed by atoms with van der Waals surface area (Å²) in [6.07, 6.45) is 1.63. The second-order valence-electron chi connectivity index (χ2n) is 7.96. The third kappa shape index (κ3) is 6.01. The lowest BCUT2D eigenvalue weighted by Crippen LogP contribution is -2.22. The summed E-state index contributed by atoms with van der Waals surface area (Å²) in [5, 5.41) is 9.41. The van der Waals surface area contributed by atoms with Gasteiger partial charge < -0.3 is 24.7 Å². The molecule has 39 heavy (non-hydrogen) atoms. The Morgan fingerprint density at radius 3 is 2.36 bits per heavy atom. The van der Waals surface area contributed by atoms with E-state index < -0.39 is 18.5 Å². The molecular formula is C27H17Cl5N2O5. The number of rotatable bonds is 8. The first-order valence-electron chi connectivity index (χ1n) is 11.1. The van der Waals surface area contributed by atoms with Crippen LogP contribution in [0, 0.1) is 11.3 Å². The van der Waals surface area contributed by atoms with Gasteiger partial charge in [-0.15, -0.1) is 0 Å². The maximum Gasteiger partial charge on any atom is 0.349 e. The highest BCUT2D eigenvalue weighted by molar-refractivity contribution is 6.55. The van der Waals surface area contributed by atoms with Gasteiger partial charge in [-0.05, 0) is 23.8 Å². The molecule has 1 aliphatic rings. The molecule has 1 unspecified atom stereocenters. The zero-order valence-corrected chi connectivity index (χ0v) is 23.6. The van der Waals surface area contributed by atoms with Crippen LogP contribution in [0.1, 0.15) is 17.0 Å². The molecule has 0 fully saturated rings. The molecule has 1 aliphatic heterocycles. The number of carbonyl (C=O) groups excluding carboxylic acids is 1. The normalized spacial score (nSPS) is 14.1. The molecule has 1 atom stereocenters. The van der Waals surface area contributed by atoms with Gasteiger partial charge in [0.2, 0.25) is 5.88 Å². The standard InChI is InChI=1S/C27H17Cl5N2O5/c1-2-8-36-14-5-3-4-13(9-14)20-16-7-6-15(10-18(16)39-27(34)17(20)11-33)38-19(35)12-37-26-24(31)22(29)21(28)23(30)25(26)32/h2-7,9-10,20H,1,8,12,34H2. The second kappa shape index (κ2) is 12.3. The summed E-state index contributed by atoms with van der Waals surface area (Å²) in [5.74, 6) is -0.463. The van der Waals surface area contributed by atoms with E-state index >= 15 is 0 Å². The van der Waals surface area contributed by atoms with Crippen LogP contribution in [0.4, 0.5) is 0 Å². The van der Waals surface area contributed by atoms with Crippen LogP contribution >= 0.6 is 58.0 Å². The summed E-state index contributed by atoms with van der Waals surface area (Å²) in [4.78, 5) is 12.5. The first-order chi connectivity index (χ1) is 18.7. The van der Waals surface area contributed by atoms with E-state index in [4.69, 9.17) is 82.7 Å². The van der Waals surface area contributed by atoms with Crippen molar-refractivity contribution in [3.05, 3.63) is 103 Å². The van der Waals surface area contributed by atoms with Gasteiger partial charge in [-0.2, -0.15) is 5.26 Å². The van der Waals surface area contributed by atoms with Gasteiger partial charge in [-0.25, -0.2) is 4.79 Å². The number of nitrogens with two attached hydrogens (primary N) is 1. The van der Waals surface area contributed by atoms with Crippen molar-refractivity contribution in [3.8, 4) is 29.1 Å². The Morgan fingerprint density at radius 2 is 1.69 bits per heavy atom. The van der Waals surface area contributed by atoms with Gasteiger partial charge in [-0.1, -0.05) is 88.9 Å². The molecule has 0 amide bonds. The van der Waals surface area contributed by atoms with Crippen LogP contribution in [0.25, 0.3) is 0 Å². The van der Waals surface area contributed by atoms with E-state index in [2.05, 4.69) is 12.6 Å². The molecule has 3 aromatic rings. The molecule has 2 N–H and O–H groups in total. The predicted molar refractivity (Wildman–Crippen MR) is 150 cm³/mol. The van der Waals surface area contributed by atoms with Crippen LogP contribution < -0.4 is 24.7 Å². The summed E-state index contributed by atoms with van der Waals surface area (Å²) in [6, 6.07) is 14.1. The quantitative estimate of drug-likeness (QED) is 0.0898. The Kier molecular flexibility index (Phi) is 9.06. The molecule has 12 heteroatoms. The molecule has 1 heterocycles. The number of esters is 1. The van der Waals surface area contributed by atoms with Gasteiger partial charge in [0.05, 0.1) is 21.0 Å². The number of fused-ring (bicyclic) bond motifs is 1. The van der Waals surface area contributed by atoms with Crippen molar-refractivity contribution in [2.45, 2.75) is 5.92 Å². The summed E-state index contributed by atoms with van der Waals surface area (Å²) >= 11 is 30.3. The van der Waals surface area contributed by atoms with Gasteiger partial charge in [0.1, 0.15) is 45.5 Å². The van der Waals surface area contributed by atoms with Crippen molar-refractivity contribution in [2.24, 2.45) is 5.73 Å².